The first-order valence-corrected chi connectivity index (χ1v) is 10.3. The zero-order valence-electron chi connectivity index (χ0n) is 18.5. The van der Waals surface area contributed by atoms with E-state index in [1.165, 1.54) is 16.7 Å². The molecule has 0 spiro atoms. The molecule has 0 radical (unpaired) electrons. The maximum absolute atomic E-state index is 4.41. The van der Waals surface area contributed by atoms with E-state index in [1.807, 2.05) is 30.2 Å². The minimum atomic E-state index is 0. The lowest BCUT2D eigenvalue weighted by Crippen LogP contribution is -2.45. The Morgan fingerprint density at radius 1 is 1.00 bits per heavy atom. The van der Waals surface area contributed by atoms with Gasteiger partial charge in [0.05, 0.1) is 6.54 Å². The van der Waals surface area contributed by atoms with Crippen molar-refractivity contribution >= 4 is 29.9 Å². The van der Waals surface area contributed by atoms with Gasteiger partial charge in [0.15, 0.2) is 5.96 Å². The van der Waals surface area contributed by atoms with Crippen molar-refractivity contribution in [1.29, 1.82) is 0 Å². The highest BCUT2D eigenvalue weighted by Crippen LogP contribution is 2.10. The quantitative estimate of drug-likeness (QED) is 0.252. The molecule has 3 aromatic rings. The molecule has 2 N–H and O–H groups in total. The number of halogens is 1. The lowest BCUT2D eigenvalue weighted by Gasteiger charge is -2.26. The SMILES string of the molecule is CN=C(NCc1ccccc1Cn1cccn1)NCC(Cc1ccccc1)N(C)C.I. The van der Waals surface area contributed by atoms with Crippen molar-refractivity contribution in [3.05, 3.63) is 89.7 Å². The molecule has 6 nitrogen and oxygen atoms in total. The van der Waals surface area contributed by atoms with Crippen molar-refractivity contribution in [3.8, 4) is 0 Å². The highest BCUT2D eigenvalue weighted by molar-refractivity contribution is 14.0. The van der Waals surface area contributed by atoms with Gasteiger partial charge in [-0.3, -0.25) is 9.67 Å². The molecule has 0 aliphatic heterocycles. The lowest BCUT2D eigenvalue weighted by molar-refractivity contribution is 0.290. The van der Waals surface area contributed by atoms with Gasteiger partial charge >= 0.3 is 0 Å². The molecule has 1 aromatic heterocycles. The number of aromatic nitrogens is 2. The molecule has 166 valence electrons. The summed E-state index contributed by atoms with van der Waals surface area (Å²) >= 11 is 0. The van der Waals surface area contributed by atoms with Crippen LogP contribution in [0.2, 0.25) is 0 Å². The zero-order chi connectivity index (χ0) is 21.2. The molecule has 7 heteroatoms. The summed E-state index contributed by atoms with van der Waals surface area (Å²) in [7, 11) is 6.06. The number of nitrogens with one attached hydrogen (secondary N) is 2. The number of rotatable bonds is 9. The van der Waals surface area contributed by atoms with E-state index in [2.05, 4.69) is 94.3 Å². The Labute approximate surface area is 202 Å². The summed E-state index contributed by atoms with van der Waals surface area (Å²) in [6.07, 6.45) is 4.78. The first-order valence-electron chi connectivity index (χ1n) is 10.3. The van der Waals surface area contributed by atoms with Gasteiger partial charge in [0.1, 0.15) is 0 Å². The smallest absolute Gasteiger partial charge is 0.191 e. The molecule has 0 saturated heterocycles. The first kappa shape index (κ1) is 24.9. The number of guanidine groups is 1. The van der Waals surface area contributed by atoms with Crippen LogP contribution in [0, 0.1) is 0 Å². The van der Waals surface area contributed by atoms with Crippen molar-refractivity contribution in [1.82, 2.24) is 25.3 Å². The highest BCUT2D eigenvalue weighted by atomic mass is 127. The molecular weight excluding hydrogens is 499 g/mol. The van der Waals surface area contributed by atoms with Crippen LogP contribution in [-0.2, 0) is 19.5 Å². The van der Waals surface area contributed by atoms with E-state index in [9.17, 15) is 0 Å². The first-order chi connectivity index (χ1) is 14.7. The largest absolute Gasteiger partial charge is 0.355 e. The average Bonchev–Trinajstić information content (AvgIpc) is 3.27. The molecule has 31 heavy (non-hydrogen) atoms. The van der Waals surface area contributed by atoms with Crippen LogP contribution in [0.3, 0.4) is 0 Å². The molecule has 0 saturated carbocycles. The van der Waals surface area contributed by atoms with Crippen LogP contribution in [0.15, 0.2) is 78.0 Å². The Morgan fingerprint density at radius 2 is 1.71 bits per heavy atom. The summed E-state index contributed by atoms with van der Waals surface area (Å²) in [6.45, 7) is 2.29. The molecule has 1 unspecified atom stereocenters. The van der Waals surface area contributed by atoms with Crippen LogP contribution in [-0.4, -0.2) is 54.4 Å². The van der Waals surface area contributed by atoms with Crippen LogP contribution in [0.25, 0.3) is 0 Å². The fourth-order valence-electron chi connectivity index (χ4n) is 3.39. The molecule has 0 bridgehead atoms. The summed E-state index contributed by atoms with van der Waals surface area (Å²) in [5.41, 5.74) is 3.83. The van der Waals surface area contributed by atoms with Gasteiger partial charge in [0.25, 0.3) is 0 Å². The normalized spacial score (nSPS) is 12.3. The van der Waals surface area contributed by atoms with E-state index in [-0.39, 0.29) is 24.0 Å². The van der Waals surface area contributed by atoms with E-state index in [1.54, 1.807) is 0 Å². The van der Waals surface area contributed by atoms with Crippen molar-refractivity contribution in [2.24, 2.45) is 4.99 Å². The van der Waals surface area contributed by atoms with Crippen molar-refractivity contribution in [2.75, 3.05) is 27.7 Å². The second-order valence-corrected chi connectivity index (χ2v) is 7.59. The van der Waals surface area contributed by atoms with Gasteiger partial charge in [-0.1, -0.05) is 54.6 Å². The monoisotopic (exact) mass is 532 g/mol. The number of nitrogens with zero attached hydrogens (tertiary/aromatic N) is 4. The minimum absolute atomic E-state index is 0. The molecule has 0 aliphatic carbocycles. The van der Waals surface area contributed by atoms with Crippen LogP contribution < -0.4 is 10.6 Å². The number of hydrogen-bond donors (Lipinski definition) is 2. The number of hydrogen-bond acceptors (Lipinski definition) is 3. The third-order valence-corrected chi connectivity index (χ3v) is 5.23. The standard InChI is InChI=1S/C24H32N6.HI/c1-25-24(27-18-23(29(2)3)16-20-10-5-4-6-11-20)26-17-21-12-7-8-13-22(21)19-30-15-9-14-28-30;/h4-15,23H,16-19H2,1-3H3,(H2,25,26,27);1H. The topological polar surface area (TPSA) is 57.5 Å². The van der Waals surface area contributed by atoms with Gasteiger partial charge < -0.3 is 15.5 Å². The summed E-state index contributed by atoms with van der Waals surface area (Å²) in [4.78, 5) is 6.66. The molecule has 3 rings (SSSR count). The van der Waals surface area contributed by atoms with Crippen LogP contribution in [0.5, 0.6) is 0 Å². The van der Waals surface area contributed by atoms with Crippen molar-refractivity contribution in [3.63, 3.8) is 0 Å². The summed E-state index contributed by atoms with van der Waals surface area (Å²) in [6, 6.07) is 21.4. The molecule has 2 aromatic carbocycles. The lowest BCUT2D eigenvalue weighted by atomic mass is 10.1. The Balaban J connectivity index is 0.00000341. The van der Waals surface area contributed by atoms with E-state index >= 15 is 0 Å². The Hall–Kier alpha value is -2.39. The zero-order valence-corrected chi connectivity index (χ0v) is 20.9. The number of aliphatic imine (C=N–C) groups is 1. The van der Waals surface area contributed by atoms with E-state index in [4.69, 9.17) is 0 Å². The molecule has 1 heterocycles. The third kappa shape index (κ3) is 7.99. The van der Waals surface area contributed by atoms with Gasteiger partial charge in [-0.05, 0) is 43.3 Å². The van der Waals surface area contributed by atoms with Crippen LogP contribution >= 0.6 is 24.0 Å². The van der Waals surface area contributed by atoms with Crippen LogP contribution in [0.4, 0.5) is 0 Å². The second kappa shape index (κ2) is 13.1. The molecule has 0 aliphatic rings. The number of benzene rings is 2. The Bertz CT molecular complexity index is 909. The van der Waals surface area contributed by atoms with Gasteiger partial charge in [0.2, 0.25) is 0 Å². The fourth-order valence-corrected chi connectivity index (χ4v) is 3.39. The van der Waals surface area contributed by atoms with Gasteiger partial charge in [-0.25, -0.2) is 0 Å². The molecule has 1 atom stereocenters. The number of likely N-dealkylation sites (N-methyl/N-ethyl adjacent to an activating group) is 1. The maximum atomic E-state index is 4.41. The summed E-state index contributed by atoms with van der Waals surface area (Å²) in [5.74, 6) is 0.809. The summed E-state index contributed by atoms with van der Waals surface area (Å²) in [5, 5.41) is 11.3. The highest BCUT2D eigenvalue weighted by Gasteiger charge is 2.13. The van der Waals surface area contributed by atoms with E-state index in [0.717, 1.165) is 25.5 Å². The van der Waals surface area contributed by atoms with E-state index < -0.39 is 0 Å². The van der Waals surface area contributed by atoms with Crippen molar-refractivity contribution < 1.29 is 0 Å². The van der Waals surface area contributed by atoms with Crippen molar-refractivity contribution in [2.45, 2.75) is 25.6 Å². The Kier molecular flexibility index (Phi) is 10.5. The fraction of sp³-hybridized carbons (Fsp3) is 0.333. The van der Waals surface area contributed by atoms with Gasteiger partial charge in [-0.15, -0.1) is 24.0 Å². The average molecular weight is 532 g/mol. The van der Waals surface area contributed by atoms with Gasteiger partial charge in [0, 0.05) is 38.6 Å². The molecular formula is C24H33IN6. The molecule has 0 amide bonds. The predicted molar refractivity (Wildman–Crippen MR) is 139 cm³/mol. The van der Waals surface area contributed by atoms with E-state index in [0.29, 0.717) is 12.6 Å². The summed E-state index contributed by atoms with van der Waals surface area (Å²) < 4.78 is 1.94. The third-order valence-electron chi connectivity index (χ3n) is 5.23. The maximum Gasteiger partial charge on any atom is 0.191 e. The predicted octanol–water partition coefficient (Wildman–Crippen LogP) is 3.39. The Morgan fingerprint density at radius 3 is 2.35 bits per heavy atom. The van der Waals surface area contributed by atoms with Gasteiger partial charge in [-0.2, -0.15) is 5.10 Å². The minimum Gasteiger partial charge on any atom is -0.355 e. The van der Waals surface area contributed by atoms with Crippen LogP contribution in [0.1, 0.15) is 16.7 Å². The molecule has 0 fully saturated rings. The second-order valence-electron chi connectivity index (χ2n) is 7.59.